The van der Waals surface area contributed by atoms with Crippen LogP contribution in [-0.4, -0.2) is 121 Å². The van der Waals surface area contributed by atoms with Crippen molar-refractivity contribution in [2.45, 2.75) is 9.79 Å². The fourth-order valence-electron chi connectivity index (χ4n) is 4.12. The van der Waals surface area contributed by atoms with Gasteiger partial charge in [-0.05, 0) is 35.4 Å². The van der Waals surface area contributed by atoms with Gasteiger partial charge in [0.2, 0.25) is 35.7 Å². The van der Waals surface area contributed by atoms with E-state index in [1.807, 2.05) is 0 Å². The van der Waals surface area contributed by atoms with E-state index in [2.05, 4.69) is 51.2 Å². The van der Waals surface area contributed by atoms with Gasteiger partial charge in [-0.15, -0.1) is 0 Å². The van der Waals surface area contributed by atoms with Gasteiger partial charge < -0.3 is 41.3 Å². The minimum Gasteiger partial charge on any atom is -0.395 e. The van der Waals surface area contributed by atoms with E-state index in [-0.39, 0.29) is 84.5 Å². The maximum absolute atomic E-state index is 12.4. The molecular weight excluding hydrogens is 697 g/mol. The number of nitrogens with zero attached hydrogens (tertiary/aromatic N) is 8. The Morgan fingerprint density at radius 1 is 0.600 bits per heavy atom. The molecule has 0 bridgehead atoms. The predicted octanol–water partition coefficient (Wildman–Crippen LogP) is 1.15. The van der Waals surface area contributed by atoms with Crippen LogP contribution in [0.4, 0.5) is 47.1 Å². The SMILES string of the molecule is CN(C)c1nc(NCCO)nc(Nc2ccc(/C=C/c3ccc(Nc4nc(NCCO)nc(N(C)C)n4)cc3S(=O)(=O)O)c(S(=O)(=O)O)c2)n1. The minimum absolute atomic E-state index is 0.0132. The first-order valence-corrected chi connectivity index (χ1v) is 17.5. The topological polar surface area (TPSA) is 281 Å². The molecule has 2 aromatic heterocycles. The molecule has 0 unspecified atom stereocenters. The molecule has 50 heavy (non-hydrogen) atoms. The molecule has 20 nitrogen and oxygen atoms in total. The number of benzene rings is 2. The molecule has 8 N–H and O–H groups in total. The summed E-state index contributed by atoms with van der Waals surface area (Å²) < 4.78 is 69.7. The zero-order chi connectivity index (χ0) is 36.6. The second kappa shape index (κ2) is 16.0. The standard InChI is InChI=1S/C28H36N12O8S2/c1-39(2)27-35-23(29-11-13-41)33-25(37-27)31-19-9-7-17(21(15-19)49(43,44)45)5-6-18-8-10-20(16-22(18)50(46,47)48)32-26-34-24(30-12-14-42)36-28(38-26)40(3)4/h5-10,15-16,41-42H,11-14H2,1-4H3,(H,43,44,45)(H,46,47,48)(H2,29,31,33,35,37)(H2,30,32,34,36,38)/b6-5+. The summed E-state index contributed by atoms with van der Waals surface area (Å²) in [6.07, 6.45) is 2.50. The van der Waals surface area contributed by atoms with Crippen LogP contribution in [0, 0.1) is 0 Å². The summed E-state index contributed by atoms with van der Waals surface area (Å²) in [6.45, 7) is -0.00149. The third kappa shape index (κ3) is 10.1. The Bertz CT molecular complexity index is 1930. The molecule has 268 valence electrons. The third-order valence-electron chi connectivity index (χ3n) is 6.37. The van der Waals surface area contributed by atoms with E-state index in [0.29, 0.717) is 0 Å². The van der Waals surface area contributed by atoms with Gasteiger partial charge in [0.1, 0.15) is 9.79 Å². The van der Waals surface area contributed by atoms with Crippen molar-refractivity contribution in [2.24, 2.45) is 0 Å². The first kappa shape index (κ1) is 37.6. The van der Waals surface area contributed by atoms with E-state index in [9.17, 15) is 25.9 Å². The number of aromatic nitrogens is 6. The lowest BCUT2D eigenvalue weighted by molar-refractivity contribution is 0.310. The molecule has 22 heteroatoms. The van der Waals surface area contributed by atoms with Gasteiger partial charge >= 0.3 is 0 Å². The number of hydrogen-bond acceptors (Lipinski definition) is 18. The lowest BCUT2D eigenvalue weighted by Gasteiger charge is -2.15. The van der Waals surface area contributed by atoms with Gasteiger partial charge in [0.25, 0.3) is 20.2 Å². The van der Waals surface area contributed by atoms with Crippen molar-refractivity contribution in [1.82, 2.24) is 29.9 Å². The fraction of sp³-hybridized carbons (Fsp3) is 0.286. The highest BCUT2D eigenvalue weighted by Crippen LogP contribution is 2.28. The van der Waals surface area contributed by atoms with E-state index in [0.717, 1.165) is 12.1 Å². The lowest BCUT2D eigenvalue weighted by atomic mass is 10.1. The van der Waals surface area contributed by atoms with Crippen LogP contribution in [0.3, 0.4) is 0 Å². The molecule has 2 aromatic carbocycles. The Labute approximate surface area is 287 Å². The van der Waals surface area contributed by atoms with Crippen LogP contribution in [0.25, 0.3) is 12.2 Å². The molecule has 0 saturated carbocycles. The van der Waals surface area contributed by atoms with Crippen LogP contribution in [0.15, 0.2) is 46.2 Å². The van der Waals surface area contributed by atoms with E-state index < -0.39 is 30.0 Å². The van der Waals surface area contributed by atoms with Gasteiger partial charge in [-0.25, -0.2) is 0 Å². The van der Waals surface area contributed by atoms with Crippen LogP contribution in [0.1, 0.15) is 11.1 Å². The monoisotopic (exact) mass is 732 g/mol. The minimum atomic E-state index is -4.81. The molecule has 0 aliphatic heterocycles. The van der Waals surface area contributed by atoms with Crippen LogP contribution < -0.4 is 31.1 Å². The zero-order valence-electron chi connectivity index (χ0n) is 27.3. The molecule has 0 fully saturated rings. The van der Waals surface area contributed by atoms with Crippen LogP contribution in [0.2, 0.25) is 0 Å². The molecule has 0 atom stereocenters. The highest BCUT2D eigenvalue weighted by Gasteiger charge is 2.19. The zero-order valence-corrected chi connectivity index (χ0v) is 28.9. The predicted molar refractivity (Wildman–Crippen MR) is 187 cm³/mol. The van der Waals surface area contributed by atoms with E-state index in [1.54, 1.807) is 38.0 Å². The van der Waals surface area contributed by atoms with Crippen LogP contribution in [0.5, 0.6) is 0 Å². The molecule has 0 aliphatic rings. The molecule has 0 radical (unpaired) electrons. The smallest absolute Gasteiger partial charge is 0.295 e. The summed E-state index contributed by atoms with van der Waals surface area (Å²) in [5, 5.41) is 29.6. The Morgan fingerprint density at radius 2 is 0.960 bits per heavy atom. The third-order valence-corrected chi connectivity index (χ3v) is 8.19. The second-order valence-corrected chi connectivity index (χ2v) is 13.5. The maximum atomic E-state index is 12.4. The van der Waals surface area contributed by atoms with Gasteiger partial charge in [-0.3, -0.25) is 9.11 Å². The largest absolute Gasteiger partial charge is 0.395 e. The van der Waals surface area contributed by atoms with Gasteiger partial charge in [-0.1, -0.05) is 24.3 Å². The average molecular weight is 733 g/mol. The first-order valence-electron chi connectivity index (χ1n) is 14.6. The van der Waals surface area contributed by atoms with Crippen molar-refractivity contribution < 1.29 is 36.2 Å². The van der Waals surface area contributed by atoms with E-state index >= 15 is 0 Å². The Kier molecular flexibility index (Phi) is 12.0. The Hall–Kier alpha value is -5.26. The molecule has 0 saturated heterocycles. The summed E-state index contributed by atoms with van der Waals surface area (Å²) in [7, 11) is -2.80. The average Bonchev–Trinajstić information content (AvgIpc) is 3.05. The summed E-state index contributed by atoms with van der Waals surface area (Å²) in [5.41, 5.74) is 0.332. The number of aliphatic hydroxyl groups excluding tert-OH is 2. The van der Waals surface area contributed by atoms with Gasteiger partial charge in [0, 0.05) is 52.7 Å². The van der Waals surface area contributed by atoms with E-state index in [4.69, 9.17) is 10.2 Å². The molecule has 4 aromatic rings. The highest BCUT2D eigenvalue weighted by molar-refractivity contribution is 7.86. The van der Waals surface area contributed by atoms with Crippen molar-refractivity contribution in [1.29, 1.82) is 0 Å². The molecule has 0 amide bonds. The molecule has 0 spiro atoms. The molecule has 0 aliphatic carbocycles. The van der Waals surface area contributed by atoms with Crippen molar-refractivity contribution in [3.8, 4) is 0 Å². The van der Waals surface area contributed by atoms with E-state index in [1.165, 1.54) is 36.4 Å². The van der Waals surface area contributed by atoms with Crippen molar-refractivity contribution in [3.05, 3.63) is 47.5 Å². The quantitative estimate of drug-likeness (QED) is 0.0592. The highest BCUT2D eigenvalue weighted by atomic mass is 32.2. The first-order chi connectivity index (χ1) is 23.6. The molecule has 4 rings (SSSR count). The van der Waals surface area contributed by atoms with Crippen molar-refractivity contribution in [3.63, 3.8) is 0 Å². The summed E-state index contributed by atoms with van der Waals surface area (Å²) >= 11 is 0. The van der Waals surface area contributed by atoms with Crippen molar-refractivity contribution in [2.75, 3.05) is 85.6 Å². The fourth-order valence-corrected chi connectivity index (χ4v) is 5.54. The summed E-state index contributed by atoms with van der Waals surface area (Å²) in [6, 6.07) is 7.93. The van der Waals surface area contributed by atoms with Crippen LogP contribution in [-0.2, 0) is 20.2 Å². The Morgan fingerprint density at radius 3 is 1.28 bits per heavy atom. The van der Waals surface area contributed by atoms with Crippen LogP contribution >= 0.6 is 0 Å². The normalized spacial score (nSPS) is 11.8. The number of hydrogen-bond donors (Lipinski definition) is 8. The number of nitrogens with one attached hydrogen (secondary N) is 4. The molecular formula is C28H36N12O8S2. The number of aliphatic hydroxyl groups is 2. The lowest BCUT2D eigenvalue weighted by Crippen LogP contribution is -2.17. The van der Waals surface area contributed by atoms with Gasteiger partial charge in [0.05, 0.1) is 13.2 Å². The maximum Gasteiger partial charge on any atom is 0.295 e. The second-order valence-electron chi connectivity index (χ2n) is 10.7. The number of rotatable bonds is 16. The van der Waals surface area contributed by atoms with Gasteiger partial charge in [0.15, 0.2) is 0 Å². The van der Waals surface area contributed by atoms with Gasteiger partial charge in [-0.2, -0.15) is 46.7 Å². The Balaban J connectivity index is 1.67. The summed E-state index contributed by atoms with van der Waals surface area (Å²) in [4.78, 5) is 27.6. The molecule has 2 heterocycles. The van der Waals surface area contributed by atoms with Crippen molar-refractivity contribution >= 4 is 79.5 Å². The number of anilines is 8. The summed E-state index contributed by atoms with van der Waals surface area (Å²) in [5.74, 6) is 0.898.